The second-order valence-corrected chi connectivity index (χ2v) is 7.17. The fourth-order valence-corrected chi connectivity index (χ4v) is 3.74. The molecule has 0 spiro atoms. The van der Waals surface area contributed by atoms with Crippen LogP contribution in [-0.4, -0.2) is 29.1 Å². The number of nitrogens with zero attached hydrogens (tertiary/aromatic N) is 1. The van der Waals surface area contributed by atoms with Crippen molar-refractivity contribution in [3.8, 4) is 0 Å². The maximum Gasteiger partial charge on any atom is 0.243 e. The second-order valence-electron chi connectivity index (χ2n) is 7.17. The number of rotatable bonds is 5. The van der Waals surface area contributed by atoms with E-state index in [1.807, 2.05) is 0 Å². The molecule has 1 N–H and O–H groups in total. The van der Waals surface area contributed by atoms with Gasteiger partial charge in [-0.1, -0.05) is 46.5 Å². The smallest absolute Gasteiger partial charge is 0.243 e. The molecule has 20 heavy (non-hydrogen) atoms. The summed E-state index contributed by atoms with van der Waals surface area (Å²) < 4.78 is 0. The first kappa shape index (κ1) is 15.8. The molecule has 0 radical (unpaired) electrons. The molecule has 3 nitrogen and oxygen atoms in total. The van der Waals surface area contributed by atoms with E-state index in [0.29, 0.717) is 5.91 Å². The largest absolute Gasteiger partial charge is 0.326 e. The van der Waals surface area contributed by atoms with Crippen LogP contribution in [-0.2, 0) is 4.79 Å². The maximum absolute atomic E-state index is 12.6. The number of hydrogen-bond acceptors (Lipinski definition) is 2. The van der Waals surface area contributed by atoms with Gasteiger partial charge in [-0.25, -0.2) is 0 Å². The van der Waals surface area contributed by atoms with E-state index in [0.717, 1.165) is 31.2 Å². The van der Waals surface area contributed by atoms with Crippen molar-refractivity contribution < 1.29 is 4.79 Å². The Morgan fingerprint density at radius 2 is 1.90 bits per heavy atom. The Balaban J connectivity index is 1.89. The lowest BCUT2D eigenvalue weighted by molar-refractivity contribution is -0.133. The molecule has 0 aromatic heterocycles. The predicted octanol–water partition coefficient (Wildman–Crippen LogP) is 3.54. The minimum Gasteiger partial charge on any atom is -0.326 e. The molecule has 116 valence electrons. The fraction of sp³-hybridized carbons (Fsp3) is 0.941. The number of carbonyl (C=O) groups excluding carboxylic acids is 1. The molecule has 3 heteroatoms. The first-order valence-corrected chi connectivity index (χ1v) is 8.59. The third-order valence-electron chi connectivity index (χ3n) is 5.60. The molecular formula is C17H32N2O. The highest BCUT2D eigenvalue weighted by Crippen LogP contribution is 2.32. The zero-order valence-corrected chi connectivity index (χ0v) is 13.7. The number of hydrogen-bond donors (Lipinski definition) is 1. The van der Waals surface area contributed by atoms with Gasteiger partial charge in [-0.2, -0.15) is 0 Å². The molecule has 2 fully saturated rings. The van der Waals surface area contributed by atoms with Gasteiger partial charge in [0.05, 0.1) is 11.7 Å². The predicted molar refractivity (Wildman–Crippen MR) is 83.4 cm³/mol. The molecule has 2 unspecified atom stereocenters. The van der Waals surface area contributed by atoms with Crippen LogP contribution in [0.5, 0.6) is 0 Å². The van der Waals surface area contributed by atoms with Gasteiger partial charge in [0.25, 0.3) is 0 Å². The monoisotopic (exact) mass is 280 g/mol. The summed E-state index contributed by atoms with van der Waals surface area (Å²) >= 11 is 0. The zero-order valence-electron chi connectivity index (χ0n) is 13.7. The van der Waals surface area contributed by atoms with Crippen molar-refractivity contribution in [3.63, 3.8) is 0 Å². The highest BCUT2D eigenvalue weighted by molar-refractivity contribution is 5.88. The van der Waals surface area contributed by atoms with Crippen molar-refractivity contribution in [2.75, 3.05) is 6.54 Å². The Morgan fingerprint density at radius 1 is 1.25 bits per heavy atom. The average Bonchev–Trinajstić information content (AvgIpc) is 2.71. The van der Waals surface area contributed by atoms with Crippen LogP contribution in [0, 0.1) is 11.8 Å². The summed E-state index contributed by atoms with van der Waals surface area (Å²) in [5, 5.41) is 3.54. The molecule has 1 aliphatic carbocycles. The maximum atomic E-state index is 12.6. The summed E-state index contributed by atoms with van der Waals surface area (Å²) in [6.45, 7) is 9.63. The zero-order chi connectivity index (χ0) is 14.8. The van der Waals surface area contributed by atoms with Crippen molar-refractivity contribution in [1.29, 1.82) is 0 Å². The van der Waals surface area contributed by atoms with Crippen LogP contribution in [0.4, 0.5) is 0 Å². The lowest BCUT2D eigenvalue weighted by Gasteiger charge is -2.29. The molecule has 0 bridgehead atoms. The minimum absolute atomic E-state index is 0.245. The molecule has 1 saturated heterocycles. The molecule has 1 heterocycles. The van der Waals surface area contributed by atoms with Crippen molar-refractivity contribution in [2.45, 2.75) is 84.3 Å². The van der Waals surface area contributed by atoms with Crippen LogP contribution in [0.1, 0.15) is 72.6 Å². The highest BCUT2D eigenvalue weighted by atomic mass is 16.2. The fourth-order valence-electron chi connectivity index (χ4n) is 3.74. The molecule has 1 saturated carbocycles. The van der Waals surface area contributed by atoms with E-state index in [9.17, 15) is 4.79 Å². The van der Waals surface area contributed by atoms with Gasteiger partial charge in [-0.15, -0.1) is 0 Å². The van der Waals surface area contributed by atoms with Gasteiger partial charge >= 0.3 is 0 Å². The molecular weight excluding hydrogens is 248 g/mol. The van der Waals surface area contributed by atoms with Crippen molar-refractivity contribution >= 4 is 5.91 Å². The Morgan fingerprint density at radius 3 is 2.45 bits per heavy atom. The Bertz CT molecular complexity index is 336. The van der Waals surface area contributed by atoms with E-state index in [2.05, 4.69) is 37.9 Å². The highest BCUT2D eigenvalue weighted by Gasteiger charge is 2.45. The van der Waals surface area contributed by atoms with Gasteiger partial charge in [0, 0.05) is 6.54 Å². The quantitative estimate of drug-likeness (QED) is 0.835. The number of nitrogens with one attached hydrogen (secondary N) is 1. The first-order chi connectivity index (χ1) is 9.50. The SMILES string of the molecule is CCC1NC(C)(CC)C(=O)N1CCC1CCC(C)CC1. The van der Waals surface area contributed by atoms with Crippen LogP contribution >= 0.6 is 0 Å². The molecule has 2 rings (SSSR count). The lowest BCUT2D eigenvalue weighted by atomic mass is 9.81. The van der Waals surface area contributed by atoms with Crippen molar-refractivity contribution in [2.24, 2.45) is 11.8 Å². The van der Waals surface area contributed by atoms with Crippen LogP contribution in [0.3, 0.4) is 0 Å². The van der Waals surface area contributed by atoms with Gasteiger partial charge in [0.2, 0.25) is 5.91 Å². The summed E-state index contributed by atoms with van der Waals surface area (Å²) in [5.74, 6) is 2.06. The van der Waals surface area contributed by atoms with Gasteiger partial charge in [-0.3, -0.25) is 10.1 Å². The summed E-state index contributed by atoms with van der Waals surface area (Å²) in [7, 11) is 0. The van der Waals surface area contributed by atoms with E-state index >= 15 is 0 Å². The van der Waals surface area contributed by atoms with E-state index < -0.39 is 0 Å². The van der Waals surface area contributed by atoms with Crippen LogP contribution in [0.2, 0.25) is 0 Å². The molecule has 0 aromatic rings. The van der Waals surface area contributed by atoms with Crippen LogP contribution < -0.4 is 5.32 Å². The molecule has 2 atom stereocenters. The van der Waals surface area contributed by atoms with E-state index in [1.165, 1.54) is 32.1 Å². The molecule has 0 aromatic carbocycles. The molecule has 1 amide bonds. The summed E-state index contributed by atoms with van der Waals surface area (Å²) in [5.41, 5.74) is -0.332. The van der Waals surface area contributed by atoms with E-state index in [1.54, 1.807) is 0 Å². The van der Waals surface area contributed by atoms with Gasteiger partial charge in [0.15, 0.2) is 0 Å². The minimum atomic E-state index is -0.332. The standard InChI is InChI=1S/C17H32N2O/c1-5-15-18-17(4,6-2)16(20)19(15)12-11-14-9-7-13(3)8-10-14/h13-15,18H,5-12H2,1-4H3. The Labute approximate surface area is 124 Å². The Hall–Kier alpha value is -0.570. The lowest BCUT2D eigenvalue weighted by Crippen LogP contribution is -2.43. The van der Waals surface area contributed by atoms with Gasteiger partial charge in [-0.05, 0) is 38.0 Å². The summed E-state index contributed by atoms with van der Waals surface area (Å²) in [6.07, 6.45) is 8.78. The average molecular weight is 280 g/mol. The van der Waals surface area contributed by atoms with Crippen LogP contribution in [0.25, 0.3) is 0 Å². The van der Waals surface area contributed by atoms with Crippen molar-refractivity contribution in [3.05, 3.63) is 0 Å². The number of amides is 1. The first-order valence-electron chi connectivity index (χ1n) is 8.59. The number of carbonyl (C=O) groups is 1. The summed E-state index contributed by atoms with van der Waals surface area (Å²) in [6, 6.07) is 0. The summed E-state index contributed by atoms with van der Waals surface area (Å²) in [4.78, 5) is 14.7. The van der Waals surface area contributed by atoms with E-state index in [4.69, 9.17) is 0 Å². The van der Waals surface area contributed by atoms with Gasteiger partial charge in [0.1, 0.15) is 0 Å². The third-order valence-corrected chi connectivity index (χ3v) is 5.60. The van der Waals surface area contributed by atoms with Gasteiger partial charge < -0.3 is 4.90 Å². The second kappa shape index (κ2) is 6.46. The normalized spacial score (nSPS) is 38.5. The van der Waals surface area contributed by atoms with Crippen molar-refractivity contribution in [1.82, 2.24) is 10.2 Å². The topological polar surface area (TPSA) is 32.3 Å². The Kier molecular flexibility index (Phi) is 5.11. The third kappa shape index (κ3) is 3.19. The van der Waals surface area contributed by atoms with E-state index in [-0.39, 0.29) is 11.7 Å². The van der Waals surface area contributed by atoms with Crippen LogP contribution in [0.15, 0.2) is 0 Å². The molecule has 1 aliphatic heterocycles. The molecule has 2 aliphatic rings.